The van der Waals surface area contributed by atoms with Gasteiger partial charge < -0.3 is 9.16 Å². The van der Waals surface area contributed by atoms with E-state index in [2.05, 4.69) is 38.0 Å². The predicted octanol–water partition coefficient (Wildman–Crippen LogP) is 3.55. The summed E-state index contributed by atoms with van der Waals surface area (Å²) in [7, 11) is -4.87. The lowest BCUT2D eigenvalue weighted by molar-refractivity contribution is -0.0991. The number of ether oxygens (including phenoxy) is 1. The van der Waals surface area contributed by atoms with Crippen molar-refractivity contribution in [2.45, 2.75) is 63.7 Å². The Hall–Kier alpha value is -1.53. The predicted molar refractivity (Wildman–Crippen MR) is 122 cm³/mol. The van der Waals surface area contributed by atoms with Crippen LogP contribution in [0.15, 0.2) is 24.3 Å². The number of hydrogen-bond acceptors (Lipinski definition) is 7. The van der Waals surface area contributed by atoms with E-state index in [4.69, 9.17) is 9.16 Å². The number of benzene rings is 1. The molecule has 11 heteroatoms. The summed E-state index contributed by atoms with van der Waals surface area (Å²) in [6, 6.07) is 5.60. The highest BCUT2D eigenvalue weighted by Crippen LogP contribution is 2.43. The summed E-state index contributed by atoms with van der Waals surface area (Å²) < 4.78 is 54.8. The van der Waals surface area contributed by atoms with Gasteiger partial charge in [0, 0.05) is 13.1 Å². The van der Waals surface area contributed by atoms with Gasteiger partial charge in [-0.1, -0.05) is 26.8 Å². The van der Waals surface area contributed by atoms with Crippen molar-refractivity contribution in [3.63, 3.8) is 0 Å². The van der Waals surface area contributed by atoms with Gasteiger partial charge in [-0.25, -0.2) is 9.18 Å². The summed E-state index contributed by atoms with van der Waals surface area (Å²) in [6.45, 7) is 13.8. The minimum Gasteiger partial charge on any atom is -0.441 e. The molecule has 2 aliphatic heterocycles. The zero-order valence-electron chi connectivity index (χ0n) is 19.7. The first-order valence-electron chi connectivity index (χ1n) is 10.6. The molecule has 1 aromatic rings. The van der Waals surface area contributed by atoms with Gasteiger partial charge >= 0.3 is 6.09 Å². The van der Waals surface area contributed by atoms with Crippen LogP contribution in [0.3, 0.4) is 0 Å². The number of likely N-dealkylation sites (tertiary alicyclic amines) is 1. The van der Waals surface area contributed by atoms with Crippen molar-refractivity contribution in [3.8, 4) is 0 Å². The maximum absolute atomic E-state index is 13.9. The van der Waals surface area contributed by atoms with Gasteiger partial charge in [0.15, 0.2) is 14.4 Å². The van der Waals surface area contributed by atoms with Crippen molar-refractivity contribution in [1.82, 2.24) is 4.90 Å². The van der Waals surface area contributed by atoms with E-state index in [1.165, 1.54) is 23.1 Å². The Labute approximate surface area is 190 Å². The number of hydrogen-bond donors (Lipinski definition) is 0. The van der Waals surface area contributed by atoms with E-state index < -0.39 is 54.0 Å². The molecule has 2 atom stereocenters. The van der Waals surface area contributed by atoms with E-state index in [-0.39, 0.29) is 5.04 Å². The van der Waals surface area contributed by atoms with Crippen molar-refractivity contribution < 1.29 is 30.9 Å². The van der Waals surface area contributed by atoms with Crippen LogP contribution < -0.4 is 4.90 Å². The van der Waals surface area contributed by atoms with Gasteiger partial charge in [0.05, 0.1) is 18.4 Å². The van der Waals surface area contributed by atoms with E-state index in [0.717, 1.165) is 7.11 Å². The Balaban J connectivity index is 1.88. The van der Waals surface area contributed by atoms with Crippen LogP contribution >= 0.6 is 0 Å². The maximum Gasteiger partial charge on any atom is 0.416 e. The molecule has 1 aromatic carbocycles. The number of rotatable bonds is 7. The SMILES string of the molecule is COS(=O)(=O)CC1OC(=O)N(c2cccc(F)c2)C1N1CC(C)(O[Si](C)(C)C(C)(C)C)C1. The number of carbonyl (C=O) groups excluding carboxylic acids is 1. The van der Waals surface area contributed by atoms with Gasteiger partial charge in [-0.05, 0) is 43.3 Å². The van der Waals surface area contributed by atoms with Gasteiger partial charge in [0.1, 0.15) is 17.7 Å². The van der Waals surface area contributed by atoms with Crippen LogP contribution in [-0.2, 0) is 23.5 Å². The van der Waals surface area contributed by atoms with Gasteiger partial charge in [0.2, 0.25) is 0 Å². The Bertz CT molecular complexity index is 975. The summed E-state index contributed by atoms with van der Waals surface area (Å²) in [5.41, 5.74) is -0.136. The molecule has 0 radical (unpaired) electrons. The Morgan fingerprint density at radius 3 is 2.44 bits per heavy atom. The second-order valence-corrected chi connectivity index (χ2v) is 16.8. The lowest BCUT2D eigenvalue weighted by Gasteiger charge is -2.55. The average molecular weight is 489 g/mol. The topological polar surface area (TPSA) is 85.4 Å². The number of carbonyl (C=O) groups is 1. The lowest BCUT2D eigenvalue weighted by Crippen LogP contribution is -2.71. The van der Waals surface area contributed by atoms with Gasteiger partial charge in [-0.2, -0.15) is 8.42 Å². The van der Waals surface area contributed by atoms with Crippen molar-refractivity contribution in [2.24, 2.45) is 0 Å². The van der Waals surface area contributed by atoms with E-state index in [9.17, 15) is 17.6 Å². The molecule has 2 heterocycles. The quantitative estimate of drug-likeness (QED) is 0.429. The van der Waals surface area contributed by atoms with Gasteiger partial charge in [-0.15, -0.1) is 0 Å². The highest BCUT2D eigenvalue weighted by atomic mass is 32.2. The molecule has 0 aromatic heterocycles. The van der Waals surface area contributed by atoms with E-state index >= 15 is 0 Å². The molecule has 0 bridgehead atoms. The first-order valence-corrected chi connectivity index (χ1v) is 15.0. The third kappa shape index (κ3) is 5.01. The summed E-state index contributed by atoms with van der Waals surface area (Å²) in [5, 5.41) is 0.0333. The molecule has 8 nitrogen and oxygen atoms in total. The maximum atomic E-state index is 13.9. The van der Waals surface area contributed by atoms with E-state index in [1.54, 1.807) is 6.07 Å². The Kier molecular flexibility index (Phi) is 6.55. The van der Waals surface area contributed by atoms with Crippen molar-refractivity contribution >= 4 is 30.2 Å². The number of nitrogens with zero attached hydrogens (tertiary/aromatic N) is 2. The molecule has 0 N–H and O–H groups in total. The Morgan fingerprint density at radius 1 is 1.28 bits per heavy atom. The molecular weight excluding hydrogens is 455 g/mol. The standard InChI is InChI=1S/C21H33FN2O6SSi/c1-20(2,3)32(6,7)30-21(4)13-23(14-21)18-17(12-31(26,27)28-5)29-19(25)24(18)16-10-8-9-15(22)11-16/h8-11,17-18H,12-14H2,1-7H3. The zero-order valence-corrected chi connectivity index (χ0v) is 21.5. The molecule has 0 saturated carbocycles. The Morgan fingerprint density at radius 2 is 1.91 bits per heavy atom. The third-order valence-electron chi connectivity index (χ3n) is 6.51. The third-order valence-corrected chi connectivity index (χ3v) is 12.4. The van der Waals surface area contributed by atoms with Crippen LogP contribution in [-0.4, -0.2) is 71.6 Å². The second kappa shape index (κ2) is 8.35. The molecule has 2 aliphatic rings. The van der Waals surface area contributed by atoms with Crippen LogP contribution in [0, 0.1) is 5.82 Å². The molecule has 0 aliphatic carbocycles. The summed E-state index contributed by atoms with van der Waals surface area (Å²) in [5.74, 6) is -1.00. The summed E-state index contributed by atoms with van der Waals surface area (Å²) in [6.07, 6.45) is -2.45. The second-order valence-electron chi connectivity index (χ2n) is 10.3. The minimum atomic E-state index is -3.90. The fraction of sp³-hybridized carbons (Fsp3) is 0.667. The minimum absolute atomic E-state index is 0.0333. The van der Waals surface area contributed by atoms with Crippen molar-refractivity contribution in [2.75, 3.05) is 30.9 Å². The molecule has 3 rings (SSSR count). The van der Waals surface area contributed by atoms with Gasteiger partial charge in [-0.3, -0.25) is 14.0 Å². The highest BCUT2D eigenvalue weighted by Gasteiger charge is 2.56. The van der Waals surface area contributed by atoms with Crippen LogP contribution in [0.2, 0.25) is 18.1 Å². The zero-order chi connectivity index (χ0) is 24.1. The molecule has 2 fully saturated rings. The molecule has 180 valence electrons. The lowest BCUT2D eigenvalue weighted by atomic mass is 9.95. The van der Waals surface area contributed by atoms with Crippen molar-refractivity contribution in [3.05, 3.63) is 30.1 Å². The van der Waals surface area contributed by atoms with Gasteiger partial charge in [0.25, 0.3) is 10.1 Å². The van der Waals surface area contributed by atoms with Crippen LogP contribution in [0.5, 0.6) is 0 Å². The molecule has 2 unspecified atom stereocenters. The van der Waals surface area contributed by atoms with E-state index in [0.29, 0.717) is 18.8 Å². The molecule has 2 saturated heterocycles. The fourth-order valence-corrected chi connectivity index (χ4v) is 6.47. The molecular formula is C21H33FN2O6SSi. The average Bonchev–Trinajstić information content (AvgIpc) is 2.93. The number of cyclic esters (lactones) is 1. The smallest absolute Gasteiger partial charge is 0.416 e. The summed E-state index contributed by atoms with van der Waals surface area (Å²) >= 11 is 0. The van der Waals surface area contributed by atoms with E-state index in [1.807, 2.05) is 11.8 Å². The van der Waals surface area contributed by atoms with Crippen molar-refractivity contribution in [1.29, 1.82) is 0 Å². The molecule has 0 spiro atoms. The first-order chi connectivity index (χ1) is 14.6. The van der Waals surface area contributed by atoms with Crippen LogP contribution in [0.1, 0.15) is 27.7 Å². The first kappa shape index (κ1) is 25.1. The largest absolute Gasteiger partial charge is 0.441 e. The normalized spacial score (nSPS) is 24.4. The van der Waals surface area contributed by atoms with Crippen LogP contribution in [0.25, 0.3) is 0 Å². The monoisotopic (exact) mass is 488 g/mol. The molecule has 32 heavy (non-hydrogen) atoms. The number of halogens is 1. The fourth-order valence-electron chi connectivity index (χ4n) is 4.03. The highest BCUT2D eigenvalue weighted by molar-refractivity contribution is 7.86. The number of amides is 1. The van der Waals surface area contributed by atoms with Crippen LogP contribution in [0.4, 0.5) is 14.9 Å². The summed E-state index contributed by atoms with van der Waals surface area (Å²) in [4.78, 5) is 16.0. The number of anilines is 1. The molecule has 1 amide bonds.